The summed E-state index contributed by atoms with van der Waals surface area (Å²) in [5.74, 6) is -1.31. The Morgan fingerprint density at radius 3 is 2.85 bits per heavy atom. The van der Waals surface area contributed by atoms with E-state index in [1.54, 1.807) is 0 Å². The summed E-state index contributed by atoms with van der Waals surface area (Å²) in [5.41, 5.74) is 0. The van der Waals surface area contributed by atoms with Crippen molar-refractivity contribution in [1.29, 1.82) is 0 Å². The van der Waals surface area contributed by atoms with Crippen molar-refractivity contribution < 1.29 is 14.7 Å². The fourth-order valence-corrected chi connectivity index (χ4v) is 1.31. The van der Waals surface area contributed by atoms with Crippen LogP contribution in [0.5, 0.6) is 0 Å². The summed E-state index contributed by atoms with van der Waals surface area (Å²) in [6.45, 7) is 4.67. The largest absolute Gasteiger partial charge is 0.480 e. The lowest BCUT2D eigenvalue weighted by Crippen LogP contribution is -2.56. The van der Waals surface area contributed by atoms with E-state index in [2.05, 4.69) is 11.9 Å². The first-order chi connectivity index (χ1) is 6.16. The van der Waals surface area contributed by atoms with E-state index in [0.29, 0.717) is 19.6 Å². The van der Waals surface area contributed by atoms with E-state index in [-0.39, 0.29) is 5.91 Å². The van der Waals surface area contributed by atoms with Gasteiger partial charge in [0.1, 0.15) is 6.04 Å². The molecule has 2 N–H and O–H groups in total. The minimum absolute atomic E-state index is 0.301. The van der Waals surface area contributed by atoms with Crippen LogP contribution in [0.4, 0.5) is 0 Å². The van der Waals surface area contributed by atoms with Crippen LogP contribution >= 0.6 is 0 Å². The summed E-state index contributed by atoms with van der Waals surface area (Å²) in [5, 5.41) is 11.7. The Balaban J connectivity index is 2.72. The number of piperazine rings is 1. The smallest absolute Gasteiger partial charge is 0.327 e. The van der Waals surface area contributed by atoms with E-state index in [1.807, 2.05) is 0 Å². The Morgan fingerprint density at radius 2 is 2.31 bits per heavy atom. The molecule has 5 heteroatoms. The highest BCUT2D eigenvalue weighted by atomic mass is 16.4. The third kappa shape index (κ3) is 2.06. The highest BCUT2D eigenvalue weighted by Gasteiger charge is 2.30. The average Bonchev–Trinajstić information content (AvgIpc) is 2.16. The van der Waals surface area contributed by atoms with Crippen LogP contribution in [-0.4, -0.2) is 47.6 Å². The van der Waals surface area contributed by atoms with Crippen molar-refractivity contribution in [1.82, 2.24) is 10.2 Å². The molecule has 13 heavy (non-hydrogen) atoms. The van der Waals surface area contributed by atoms with Crippen LogP contribution in [0.2, 0.25) is 0 Å². The second-order valence-electron chi connectivity index (χ2n) is 2.79. The van der Waals surface area contributed by atoms with Gasteiger partial charge in [-0.1, -0.05) is 6.58 Å². The van der Waals surface area contributed by atoms with E-state index >= 15 is 0 Å². The lowest BCUT2D eigenvalue weighted by atomic mass is 10.2. The quantitative estimate of drug-likeness (QED) is 0.543. The maximum Gasteiger partial charge on any atom is 0.327 e. The van der Waals surface area contributed by atoms with Gasteiger partial charge < -0.3 is 15.3 Å². The van der Waals surface area contributed by atoms with Gasteiger partial charge in [-0.3, -0.25) is 4.79 Å². The third-order valence-electron chi connectivity index (χ3n) is 1.99. The lowest BCUT2D eigenvalue weighted by Gasteiger charge is -2.32. The van der Waals surface area contributed by atoms with Crippen LogP contribution in [0.3, 0.4) is 0 Å². The standard InChI is InChI=1S/C8H12N2O3/c1-2-7(11)10-4-3-9-5-6(10)8(12)13/h2,6,9H,1,3-5H2,(H,12,13). The number of rotatable bonds is 2. The third-order valence-corrected chi connectivity index (χ3v) is 1.99. The van der Waals surface area contributed by atoms with Gasteiger partial charge >= 0.3 is 5.97 Å². The molecule has 0 saturated carbocycles. The Bertz CT molecular complexity index is 240. The molecular formula is C8H12N2O3. The van der Waals surface area contributed by atoms with Crippen molar-refractivity contribution >= 4 is 11.9 Å². The fourth-order valence-electron chi connectivity index (χ4n) is 1.31. The zero-order valence-electron chi connectivity index (χ0n) is 7.19. The Morgan fingerprint density at radius 1 is 1.62 bits per heavy atom. The molecule has 1 amide bonds. The lowest BCUT2D eigenvalue weighted by molar-refractivity contribution is -0.149. The minimum atomic E-state index is -0.984. The van der Waals surface area contributed by atoms with Crippen LogP contribution in [0, 0.1) is 0 Å². The SMILES string of the molecule is C=CC(=O)N1CCNCC1C(=O)O. The van der Waals surface area contributed by atoms with E-state index in [1.165, 1.54) is 4.90 Å². The molecule has 1 aliphatic heterocycles. The number of hydrogen-bond donors (Lipinski definition) is 2. The monoisotopic (exact) mass is 184 g/mol. The summed E-state index contributed by atoms with van der Waals surface area (Å²) in [7, 11) is 0. The van der Waals surface area contributed by atoms with Crippen molar-refractivity contribution in [2.45, 2.75) is 6.04 Å². The maximum absolute atomic E-state index is 11.2. The van der Waals surface area contributed by atoms with Gasteiger partial charge in [-0.2, -0.15) is 0 Å². The van der Waals surface area contributed by atoms with Crippen molar-refractivity contribution in [3.8, 4) is 0 Å². The van der Waals surface area contributed by atoms with Gasteiger partial charge in [-0.15, -0.1) is 0 Å². The topological polar surface area (TPSA) is 69.6 Å². The van der Waals surface area contributed by atoms with Crippen LogP contribution in [-0.2, 0) is 9.59 Å². The molecule has 0 aliphatic carbocycles. The molecule has 0 radical (unpaired) electrons. The van der Waals surface area contributed by atoms with E-state index < -0.39 is 12.0 Å². The second-order valence-corrected chi connectivity index (χ2v) is 2.79. The number of carboxylic acid groups (broad SMARTS) is 1. The summed E-state index contributed by atoms with van der Waals surface area (Å²) < 4.78 is 0. The predicted octanol–water partition coefficient (Wildman–Crippen LogP) is -0.943. The van der Waals surface area contributed by atoms with Crippen LogP contribution in [0.15, 0.2) is 12.7 Å². The molecule has 0 aromatic carbocycles. The molecular weight excluding hydrogens is 172 g/mol. The van der Waals surface area contributed by atoms with Gasteiger partial charge in [0.15, 0.2) is 0 Å². The normalized spacial score (nSPS) is 22.5. The summed E-state index contributed by atoms with van der Waals surface area (Å²) >= 11 is 0. The van der Waals surface area contributed by atoms with E-state index in [0.717, 1.165) is 6.08 Å². The number of amides is 1. The van der Waals surface area contributed by atoms with Crippen molar-refractivity contribution in [2.75, 3.05) is 19.6 Å². The number of nitrogens with one attached hydrogen (secondary N) is 1. The minimum Gasteiger partial charge on any atom is -0.480 e. The first-order valence-corrected chi connectivity index (χ1v) is 4.03. The molecule has 1 atom stereocenters. The van der Waals surface area contributed by atoms with Crippen molar-refractivity contribution in [2.24, 2.45) is 0 Å². The predicted molar refractivity (Wildman–Crippen MR) is 46.2 cm³/mol. The van der Waals surface area contributed by atoms with Gasteiger partial charge in [-0.05, 0) is 6.08 Å². The second kappa shape index (κ2) is 4.04. The number of hydrogen-bond acceptors (Lipinski definition) is 3. The Labute approximate surface area is 76.0 Å². The highest BCUT2D eigenvalue weighted by molar-refractivity contribution is 5.91. The number of carboxylic acids is 1. The first-order valence-electron chi connectivity index (χ1n) is 4.03. The number of carbonyl (C=O) groups is 2. The molecule has 72 valence electrons. The Kier molecular flexibility index (Phi) is 3.02. The van der Waals surface area contributed by atoms with Crippen LogP contribution in [0.25, 0.3) is 0 Å². The van der Waals surface area contributed by atoms with Crippen molar-refractivity contribution in [3.05, 3.63) is 12.7 Å². The molecule has 0 spiro atoms. The molecule has 1 rings (SSSR count). The highest BCUT2D eigenvalue weighted by Crippen LogP contribution is 2.04. The zero-order chi connectivity index (χ0) is 9.84. The number of nitrogens with zero attached hydrogens (tertiary/aromatic N) is 1. The molecule has 1 aliphatic rings. The number of carbonyl (C=O) groups excluding carboxylic acids is 1. The van der Waals surface area contributed by atoms with Gasteiger partial charge in [-0.25, -0.2) is 4.79 Å². The van der Waals surface area contributed by atoms with Gasteiger partial charge in [0.05, 0.1) is 0 Å². The van der Waals surface area contributed by atoms with E-state index in [9.17, 15) is 9.59 Å². The van der Waals surface area contributed by atoms with Gasteiger partial charge in [0.25, 0.3) is 0 Å². The molecule has 1 saturated heterocycles. The molecule has 1 heterocycles. The summed E-state index contributed by atoms with van der Waals surface area (Å²) in [6, 6.07) is -0.765. The molecule has 0 aromatic rings. The molecule has 5 nitrogen and oxygen atoms in total. The molecule has 1 unspecified atom stereocenters. The average molecular weight is 184 g/mol. The summed E-state index contributed by atoms with van der Waals surface area (Å²) in [4.78, 5) is 23.2. The van der Waals surface area contributed by atoms with Gasteiger partial charge in [0.2, 0.25) is 5.91 Å². The molecule has 1 fully saturated rings. The van der Waals surface area contributed by atoms with E-state index in [4.69, 9.17) is 5.11 Å². The van der Waals surface area contributed by atoms with Gasteiger partial charge in [0, 0.05) is 19.6 Å². The molecule has 0 bridgehead atoms. The Hall–Kier alpha value is -1.36. The van der Waals surface area contributed by atoms with Crippen molar-refractivity contribution in [3.63, 3.8) is 0 Å². The fraction of sp³-hybridized carbons (Fsp3) is 0.500. The van der Waals surface area contributed by atoms with Crippen LogP contribution in [0.1, 0.15) is 0 Å². The zero-order valence-corrected chi connectivity index (χ0v) is 7.19. The molecule has 0 aromatic heterocycles. The summed E-state index contributed by atoms with van der Waals surface area (Å²) in [6.07, 6.45) is 1.14. The van der Waals surface area contributed by atoms with Crippen LogP contribution < -0.4 is 5.32 Å². The first kappa shape index (κ1) is 9.73. The number of aliphatic carboxylic acids is 1. The maximum atomic E-state index is 11.2.